The van der Waals surface area contributed by atoms with Gasteiger partial charge >= 0.3 is 0 Å². The average Bonchev–Trinajstić information content (AvgIpc) is 2.83. The molecule has 96 valence electrons. The van der Waals surface area contributed by atoms with Crippen LogP contribution in [0.15, 0.2) is 16.8 Å². The van der Waals surface area contributed by atoms with E-state index in [0.717, 1.165) is 19.5 Å². The first-order valence-electron chi connectivity index (χ1n) is 6.35. The Hall–Kier alpha value is -0.420. The largest absolute Gasteiger partial charge is 0.396 e. The molecule has 0 spiro atoms. The summed E-state index contributed by atoms with van der Waals surface area (Å²) in [4.78, 5) is 2.44. The fraction of sp³-hybridized carbons (Fsp3) is 0.692. The monoisotopic (exact) mass is 254 g/mol. The number of aliphatic hydroxyl groups excluding tert-OH is 1. The third-order valence-electron chi connectivity index (χ3n) is 3.58. The minimum Gasteiger partial charge on any atom is -0.396 e. The highest BCUT2D eigenvalue weighted by molar-refractivity contribution is 7.07. The quantitative estimate of drug-likeness (QED) is 0.862. The van der Waals surface area contributed by atoms with Gasteiger partial charge in [-0.1, -0.05) is 0 Å². The molecule has 17 heavy (non-hydrogen) atoms. The molecule has 0 aromatic carbocycles. The number of aliphatic hydroxyl groups is 1. The molecular formula is C13H22N2OS. The van der Waals surface area contributed by atoms with E-state index in [2.05, 4.69) is 28.7 Å². The predicted molar refractivity (Wildman–Crippen MR) is 72.1 cm³/mol. The Bertz CT molecular complexity index is 326. The first kappa shape index (κ1) is 13.0. The lowest BCUT2D eigenvalue weighted by atomic mass is 9.94. The number of rotatable bonds is 4. The molecule has 3 atom stereocenters. The van der Waals surface area contributed by atoms with E-state index >= 15 is 0 Å². The molecule has 1 saturated heterocycles. The van der Waals surface area contributed by atoms with Crippen molar-refractivity contribution in [2.75, 3.05) is 19.7 Å². The summed E-state index contributed by atoms with van der Waals surface area (Å²) < 4.78 is 0. The second-order valence-electron chi connectivity index (χ2n) is 5.05. The van der Waals surface area contributed by atoms with Gasteiger partial charge < -0.3 is 10.8 Å². The van der Waals surface area contributed by atoms with Crippen LogP contribution in [0.1, 0.15) is 31.4 Å². The van der Waals surface area contributed by atoms with E-state index in [4.69, 9.17) is 5.73 Å². The van der Waals surface area contributed by atoms with Gasteiger partial charge in [-0.2, -0.15) is 11.3 Å². The molecule has 1 aromatic rings. The van der Waals surface area contributed by atoms with Gasteiger partial charge in [0.1, 0.15) is 0 Å². The van der Waals surface area contributed by atoms with Gasteiger partial charge in [0.25, 0.3) is 0 Å². The van der Waals surface area contributed by atoms with Gasteiger partial charge in [-0.3, -0.25) is 4.90 Å². The molecule has 3 nitrogen and oxygen atoms in total. The van der Waals surface area contributed by atoms with E-state index in [9.17, 15) is 5.11 Å². The topological polar surface area (TPSA) is 49.5 Å². The van der Waals surface area contributed by atoms with Crippen LogP contribution >= 0.6 is 11.3 Å². The highest BCUT2D eigenvalue weighted by Gasteiger charge is 2.28. The normalized spacial score (nSPS) is 25.7. The molecule has 0 aliphatic carbocycles. The first-order valence-corrected chi connectivity index (χ1v) is 7.29. The summed E-state index contributed by atoms with van der Waals surface area (Å²) in [7, 11) is 0. The van der Waals surface area contributed by atoms with Crippen molar-refractivity contribution in [3.63, 3.8) is 0 Å². The van der Waals surface area contributed by atoms with Crippen LogP contribution in [-0.2, 0) is 0 Å². The van der Waals surface area contributed by atoms with E-state index in [1.165, 1.54) is 12.0 Å². The van der Waals surface area contributed by atoms with Crippen LogP contribution in [0, 0.1) is 5.92 Å². The number of nitrogens with zero attached hydrogens (tertiary/aromatic N) is 1. The Morgan fingerprint density at radius 2 is 2.47 bits per heavy atom. The molecule has 3 N–H and O–H groups in total. The minimum atomic E-state index is 0.127. The minimum absolute atomic E-state index is 0.127. The summed E-state index contributed by atoms with van der Waals surface area (Å²) in [5.41, 5.74) is 7.47. The number of thiophene rings is 1. The van der Waals surface area contributed by atoms with Crippen LogP contribution < -0.4 is 5.73 Å². The Labute approximate surface area is 107 Å². The summed E-state index contributed by atoms with van der Waals surface area (Å²) in [6.45, 7) is 4.44. The molecule has 2 heterocycles. The molecule has 4 heteroatoms. The Morgan fingerprint density at radius 1 is 1.65 bits per heavy atom. The van der Waals surface area contributed by atoms with Crippen LogP contribution in [0.5, 0.6) is 0 Å². The fourth-order valence-corrected chi connectivity index (χ4v) is 3.48. The molecule has 0 amide bonds. The van der Waals surface area contributed by atoms with Gasteiger partial charge in [0.05, 0.1) is 6.04 Å². The Morgan fingerprint density at radius 3 is 3.06 bits per heavy atom. The zero-order chi connectivity index (χ0) is 12.3. The molecule has 3 unspecified atom stereocenters. The number of likely N-dealkylation sites (tertiary alicyclic amines) is 1. The molecule has 0 bridgehead atoms. The van der Waals surface area contributed by atoms with E-state index in [1.807, 2.05) is 0 Å². The second kappa shape index (κ2) is 5.96. The molecular weight excluding hydrogens is 232 g/mol. The van der Waals surface area contributed by atoms with E-state index in [-0.39, 0.29) is 6.04 Å². The average molecular weight is 254 g/mol. The summed E-state index contributed by atoms with van der Waals surface area (Å²) in [5.74, 6) is 0.420. The lowest BCUT2D eigenvalue weighted by Gasteiger charge is -2.39. The Balaban J connectivity index is 2.11. The molecule has 2 rings (SSSR count). The van der Waals surface area contributed by atoms with Crippen LogP contribution in [0.4, 0.5) is 0 Å². The Kier molecular flexibility index (Phi) is 4.56. The molecule has 1 aliphatic heterocycles. The number of hydrogen-bond donors (Lipinski definition) is 2. The summed E-state index contributed by atoms with van der Waals surface area (Å²) in [5, 5.41) is 13.6. The lowest BCUT2D eigenvalue weighted by Crippen LogP contribution is -2.45. The van der Waals surface area contributed by atoms with Crippen molar-refractivity contribution in [1.82, 2.24) is 4.90 Å². The van der Waals surface area contributed by atoms with E-state index in [0.29, 0.717) is 18.6 Å². The third-order valence-corrected chi connectivity index (χ3v) is 4.29. The highest BCUT2D eigenvalue weighted by Crippen LogP contribution is 2.29. The zero-order valence-corrected chi connectivity index (χ0v) is 11.2. The number of piperidine rings is 1. The van der Waals surface area contributed by atoms with E-state index < -0.39 is 0 Å². The standard InChI is InChI=1S/C13H22N2OS/c1-10(14)13(12-4-6-17-9-12)15-5-2-3-11(7-15)8-16/h4,6,9-11,13,16H,2-3,5,7-8,14H2,1H3. The van der Waals surface area contributed by atoms with E-state index in [1.54, 1.807) is 11.3 Å². The van der Waals surface area contributed by atoms with Crippen molar-refractivity contribution in [2.24, 2.45) is 11.7 Å². The maximum absolute atomic E-state index is 9.30. The van der Waals surface area contributed by atoms with Crippen LogP contribution in [0.25, 0.3) is 0 Å². The van der Waals surface area contributed by atoms with Gasteiger partial charge in [-0.05, 0) is 54.6 Å². The third kappa shape index (κ3) is 3.07. The molecule has 1 aliphatic rings. The first-order chi connectivity index (χ1) is 8.22. The summed E-state index contributed by atoms with van der Waals surface area (Å²) in [6.07, 6.45) is 2.31. The SMILES string of the molecule is CC(N)C(c1ccsc1)N1CCCC(CO)C1. The molecule has 1 fully saturated rings. The number of hydrogen-bond acceptors (Lipinski definition) is 4. The van der Waals surface area contributed by atoms with Crippen molar-refractivity contribution in [3.8, 4) is 0 Å². The van der Waals surface area contributed by atoms with Crippen LogP contribution in [-0.4, -0.2) is 35.7 Å². The summed E-state index contributed by atoms with van der Waals surface area (Å²) in [6, 6.07) is 2.60. The van der Waals surface area contributed by atoms with Crippen molar-refractivity contribution in [2.45, 2.75) is 31.8 Å². The summed E-state index contributed by atoms with van der Waals surface area (Å²) >= 11 is 1.72. The maximum Gasteiger partial charge on any atom is 0.0504 e. The van der Waals surface area contributed by atoms with Crippen molar-refractivity contribution >= 4 is 11.3 Å². The highest BCUT2D eigenvalue weighted by atomic mass is 32.1. The van der Waals surface area contributed by atoms with Crippen molar-refractivity contribution < 1.29 is 5.11 Å². The zero-order valence-electron chi connectivity index (χ0n) is 10.4. The fourth-order valence-electron chi connectivity index (χ4n) is 2.79. The van der Waals surface area contributed by atoms with Gasteiger partial charge in [-0.15, -0.1) is 0 Å². The lowest BCUT2D eigenvalue weighted by molar-refractivity contribution is 0.0794. The maximum atomic E-state index is 9.30. The van der Waals surface area contributed by atoms with Crippen LogP contribution in [0.3, 0.4) is 0 Å². The van der Waals surface area contributed by atoms with Crippen molar-refractivity contribution in [1.29, 1.82) is 0 Å². The molecule has 0 saturated carbocycles. The van der Waals surface area contributed by atoms with Gasteiger partial charge in [-0.25, -0.2) is 0 Å². The smallest absolute Gasteiger partial charge is 0.0504 e. The van der Waals surface area contributed by atoms with Crippen molar-refractivity contribution in [3.05, 3.63) is 22.4 Å². The van der Waals surface area contributed by atoms with Gasteiger partial charge in [0.15, 0.2) is 0 Å². The molecule has 1 aromatic heterocycles. The van der Waals surface area contributed by atoms with Gasteiger partial charge in [0, 0.05) is 19.2 Å². The van der Waals surface area contributed by atoms with Crippen LogP contribution in [0.2, 0.25) is 0 Å². The molecule has 0 radical (unpaired) electrons. The second-order valence-corrected chi connectivity index (χ2v) is 5.83. The number of nitrogens with two attached hydrogens (primary N) is 1. The predicted octanol–water partition coefficient (Wildman–Crippen LogP) is 1.84. The van der Waals surface area contributed by atoms with Gasteiger partial charge in [0.2, 0.25) is 0 Å².